The Labute approximate surface area is 233 Å². The lowest BCUT2D eigenvalue weighted by Gasteiger charge is -2.26. The van der Waals surface area contributed by atoms with Crippen molar-refractivity contribution in [3.8, 4) is 11.5 Å². The standard InChI is InChI=1S/C33H34FNO5/c1-5-6-7-8-15-39-26-14-11-23(18-27(26)38-4)29-28-30(36)25-17-20(2)16-21(3)31(25)40-32(28)33(37)35(29)19-22-9-12-24(34)13-10-22/h9-14,16-18,29H,5-8,15,19H2,1-4H3. The molecule has 208 valence electrons. The Bertz CT molecular complexity index is 1610. The van der Waals surface area contributed by atoms with Crippen LogP contribution >= 0.6 is 0 Å². The minimum atomic E-state index is -0.721. The Morgan fingerprint density at radius 1 is 0.950 bits per heavy atom. The molecule has 1 unspecified atom stereocenters. The van der Waals surface area contributed by atoms with Crippen molar-refractivity contribution in [2.24, 2.45) is 0 Å². The molecule has 1 amide bonds. The van der Waals surface area contributed by atoms with Crippen molar-refractivity contribution in [1.29, 1.82) is 0 Å². The van der Waals surface area contributed by atoms with Crippen LogP contribution in [0.5, 0.6) is 11.5 Å². The van der Waals surface area contributed by atoms with Crippen LogP contribution in [-0.4, -0.2) is 24.5 Å². The predicted molar refractivity (Wildman–Crippen MR) is 153 cm³/mol. The lowest BCUT2D eigenvalue weighted by molar-refractivity contribution is 0.0714. The van der Waals surface area contributed by atoms with Gasteiger partial charge in [-0.3, -0.25) is 9.59 Å². The van der Waals surface area contributed by atoms with Crippen LogP contribution in [-0.2, 0) is 6.54 Å². The van der Waals surface area contributed by atoms with Gasteiger partial charge < -0.3 is 18.8 Å². The number of rotatable bonds is 10. The number of carbonyl (C=O) groups is 1. The van der Waals surface area contributed by atoms with Crippen LogP contribution in [0.4, 0.5) is 4.39 Å². The molecule has 1 aliphatic rings. The summed E-state index contributed by atoms with van der Waals surface area (Å²) in [5.41, 5.74) is 3.62. The molecular weight excluding hydrogens is 509 g/mol. The summed E-state index contributed by atoms with van der Waals surface area (Å²) in [5.74, 6) is 0.409. The summed E-state index contributed by atoms with van der Waals surface area (Å²) < 4.78 is 31.5. The van der Waals surface area contributed by atoms with Crippen LogP contribution < -0.4 is 14.9 Å². The molecule has 0 saturated heterocycles. The van der Waals surface area contributed by atoms with E-state index in [-0.39, 0.29) is 23.6 Å². The molecule has 0 bridgehead atoms. The van der Waals surface area contributed by atoms with Gasteiger partial charge in [-0.25, -0.2) is 4.39 Å². The Balaban J connectivity index is 1.60. The van der Waals surface area contributed by atoms with E-state index in [1.165, 1.54) is 12.1 Å². The number of amides is 1. The van der Waals surface area contributed by atoms with Gasteiger partial charge in [-0.2, -0.15) is 0 Å². The number of halogens is 1. The van der Waals surface area contributed by atoms with Crippen molar-refractivity contribution >= 4 is 16.9 Å². The average molecular weight is 544 g/mol. The fourth-order valence-electron chi connectivity index (χ4n) is 5.46. The minimum absolute atomic E-state index is 0.0341. The van der Waals surface area contributed by atoms with Crippen LogP contribution in [0.3, 0.4) is 0 Å². The summed E-state index contributed by atoms with van der Waals surface area (Å²) in [7, 11) is 1.57. The largest absolute Gasteiger partial charge is 0.493 e. The Morgan fingerprint density at radius 3 is 2.45 bits per heavy atom. The van der Waals surface area contributed by atoms with E-state index in [9.17, 15) is 14.0 Å². The van der Waals surface area contributed by atoms with Crippen LogP contribution in [0.2, 0.25) is 0 Å². The summed E-state index contributed by atoms with van der Waals surface area (Å²) in [6, 6.07) is 14.5. The lowest BCUT2D eigenvalue weighted by atomic mass is 9.96. The maximum absolute atomic E-state index is 14.0. The van der Waals surface area contributed by atoms with Gasteiger partial charge in [-0.1, -0.05) is 50.5 Å². The second-order valence-electron chi connectivity index (χ2n) is 10.4. The molecule has 1 aromatic heterocycles. The van der Waals surface area contributed by atoms with Crippen molar-refractivity contribution in [3.63, 3.8) is 0 Å². The number of unbranched alkanes of at least 4 members (excludes halogenated alkanes) is 3. The van der Waals surface area contributed by atoms with Gasteiger partial charge >= 0.3 is 0 Å². The highest BCUT2D eigenvalue weighted by Gasteiger charge is 2.43. The van der Waals surface area contributed by atoms with Crippen molar-refractivity contribution < 1.29 is 23.1 Å². The fraction of sp³-hybridized carbons (Fsp3) is 0.333. The van der Waals surface area contributed by atoms with Crippen molar-refractivity contribution in [2.75, 3.05) is 13.7 Å². The second-order valence-corrected chi connectivity index (χ2v) is 10.4. The molecule has 0 saturated carbocycles. The van der Waals surface area contributed by atoms with Crippen LogP contribution in [0.15, 0.2) is 63.8 Å². The molecule has 0 N–H and O–H groups in total. The minimum Gasteiger partial charge on any atom is -0.493 e. The molecule has 0 aliphatic carbocycles. The molecule has 3 aromatic carbocycles. The van der Waals surface area contributed by atoms with E-state index in [4.69, 9.17) is 13.9 Å². The molecule has 5 rings (SSSR count). The van der Waals surface area contributed by atoms with Gasteiger partial charge in [0.15, 0.2) is 16.9 Å². The van der Waals surface area contributed by atoms with Crippen LogP contribution in [0.25, 0.3) is 11.0 Å². The number of methoxy groups -OCH3 is 1. The zero-order valence-electron chi connectivity index (χ0n) is 23.4. The Kier molecular flexibility index (Phi) is 7.92. The van der Waals surface area contributed by atoms with Gasteiger partial charge in [0.2, 0.25) is 5.76 Å². The summed E-state index contributed by atoms with van der Waals surface area (Å²) in [6.45, 7) is 6.70. The van der Waals surface area contributed by atoms with E-state index in [0.29, 0.717) is 40.2 Å². The van der Waals surface area contributed by atoms with Crippen molar-refractivity contribution in [2.45, 2.75) is 59.0 Å². The predicted octanol–water partition coefficient (Wildman–Crippen LogP) is 7.26. The highest BCUT2D eigenvalue weighted by atomic mass is 19.1. The maximum atomic E-state index is 14.0. The lowest BCUT2D eigenvalue weighted by Crippen LogP contribution is -2.29. The van der Waals surface area contributed by atoms with Crippen LogP contribution in [0, 0.1) is 19.7 Å². The Morgan fingerprint density at radius 2 is 1.73 bits per heavy atom. The summed E-state index contributed by atoms with van der Waals surface area (Å²) in [5, 5.41) is 0.441. The van der Waals surface area contributed by atoms with Gasteiger partial charge in [-0.15, -0.1) is 0 Å². The average Bonchev–Trinajstić information content (AvgIpc) is 3.22. The number of benzene rings is 3. The number of hydrogen-bond donors (Lipinski definition) is 0. The van der Waals surface area contributed by atoms with Gasteiger partial charge in [0.1, 0.15) is 11.4 Å². The van der Waals surface area contributed by atoms with E-state index in [2.05, 4.69) is 6.92 Å². The molecular formula is C33H34FNO5. The number of nitrogens with zero attached hydrogens (tertiary/aromatic N) is 1. The number of carbonyl (C=O) groups excluding carboxylic acids is 1. The van der Waals surface area contributed by atoms with Crippen LogP contribution in [0.1, 0.15) is 77.0 Å². The fourth-order valence-corrected chi connectivity index (χ4v) is 5.46. The molecule has 0 radical (unpaired) electrons. The molecule has 6 nitrogen and oxygen atoms in total. The summed E-state index contributed by atoms with van der Waals surface area (Å²) in [6.07, 6.45) is 4.35. The quantitative estimate of drug-likeness (QED) is 0.197. The molecule has 1 atom stereocenters. The first-order valence-corrected chi connectivity index (χ1v) is 13.8. The molecule has 4 aromatic rings. The molecule has 7 heteroatoms. The highest BCUT2D eigenvalue weighted by molar-refractivity contribution is 5.99. The van der Waals surface area contributed by atoms with E-state index in [0.717, 1.165) is 42.4 Å². The van der Waals surface area contributed by atoms with Gasteiger partial charge in [-0.05, 0) is 72.9 Å². The zero-order chi connectivity index (χ0) is 28.4. The normalized spacial score (nSPS) is 14.6. The SMILES string of the molecule is CCCCCCOc1ccc(C2c3c(oc4c(C)cc(C)cc4c3=O)C(=O)N2Cc2ccc(F)cc2)cc1OC. The number of aryl methyl sites for hydroxylation is 2. The van der Waals surface area contributed by atoms with Gasteiger partial charge in [0, 0.05) is 6.54 Å². The molecule has 0 fully saturated rings. The van der Waals surface area contributed by atoms with E-state index in [1.807, 2.05) is 38.1 Å². The molecule has 1 aliphatic heterocycles. The second kappa shape index (κ2) is 11.5. The highest BCUT2D eigenvalue weighted by Crippen LogP contribution is 2.42. The summed E-state index contributed by atoms with van der Waals surface area (Å²) in [4.78, 5) is 29.4. The first-order valence-electron chi connectivity index (χ1n) is 13.8. The van der Waals surface area contributed by atoms with Crippen molar-refractivity contribution in [1.82, 2.24) is 4.90 Å². The number of ether oxygens (including phenoxy) is 2. The summed E-state index contributed by atoms with van der Waals surface area (Å²) >= 11 is 0. The third-order valence-corrected chi connectivity index (χ3v) is 7.42. The van der Waals surface area contributed by atoms with E-state index in [1.54, 1.807) is 30.2 Å². The number of fused-ring (bicyclic) bond motifs is 2. The third-order valence-electron chi connectivity index (χ3n) is 7.42. The van der Waals surface area contributed by atoms with Gasteiger partial charge in [0.25, 0.3) is 5.91 Å². The smallest absolute Gasteiger partial charge is 0.291 e. The van der Waals surface area contributed by atoms with E-state index < -0.39 is 11.9 Å². The van der Waals surface area contributed by atoms with Crippen molar-refractivity contribution in [3.05, 3.63) is 104 Å². The topological polar surface area (TPSA) is 69.0 Å². The first kappa shape index (κ1) is 27.4. The maximum Gasteiger partial charge on any atom is 0.291 e. The third kappa shape index (κ3) is 5.20. The van der Waals surface area contributed by atoms with E-state index >= 15 is 0 Å². The molecule has 2 heterocycles. The molecule has 0 spiro atoms. The zero-order valence-corrected chi connectivity index (χ0v) is 23.4. The monoisotopic (exact) mass is 543 g/mol. The Hall–Kier alpha value is -4.13. The number of hydrogen-bond acceptors (Lipinski definition) is 5. The first-order chi connectivity index (χ1) is 19.3. The van der Waals surface area contributed by atoms with Gasteiger partial charge in [0.05, 0.1) is 30.7 Å². The molecule has 40 heavy (non-hydrogen) atoms.